The number of aromatic nitrogens is 2. The number of carbonyl (C=O) groups is 1. The van der Waals surface area contributed by atoms with E-state index in [9.17, 15) is 9.90 Å². The van der Waals surface area contributed by atoms with Gasteiger partial charge in [-0.05, 0) is 30.3 Å². The minimum atomic E-state index is -0.346. The Hall–Kier alpha value is -2.44. The van der Waals surface area contributed by atoms with Crippen molar-refractivity contribution in [2.75, 3.05) is 5.32 Å². The second-order valence-electron chi connectivity index (χ2n) is 4.92. The van der Waals surface area contributed by atoms with Crippen molar-refractivity contribution in [3.05, 3.63) is 69.9 Å². The fraction of sp³-hybridized carbons (Fsp3) is 0. The van der Waals surface area contributed by atoms with Crippen molar-refractivity contribution >= 4 is 39.1 Å². The van der Waals surface area contributed by atoms with E-state index in [0.717, 1.165) is 4.47 Å². The zero-order valence-corrected chi connectivity index (χ0v) is 14.5. The average molecular weight is 405 g/mol. The summed E-state index contributed by atoms with van der Waals surface area (Å²) in [5.74, 6) is 0.241. The van der Waals surface area contributed by atoms with Crippen LogP contribution in [-0.4, -0.2) is 21.0 Å². The van der Waals surface area contributed by atoms with E-state index in [4.69, 9.17) is 11.6 Å². The molecule has 24 heavy (non-hydrogen) atoms. The molecule has 0 aliphatic heterocycles. The van der Waals surface area contributed by atoms with Crippen LogP contribution in [-0.2, 0) is 0 Å². The van der Waals surface area contributed by atoms with Gasteiger partial charge in [-0.15, -0.1) is 0 Å². The van der Waals surface area contributed by atoms with Crippen molar-refractivity contribution in [1.82, 2.24) is 9.97 Å². The van der Waals surface area contributed by atoms with Crippen LogP contribution in [0.2, 0.25) is 5.02 Å². The van der Waals surface area contributed by atoms with Crippen molar-refractivity contribution < 1.29 is 9.90 Å². The second-order valence-corrected chi connectivity index (χ2v) is 6.25. The molecular formula is C17H11BrClN3O2. The van der Waals surface area contributed by atoms with E-state index in [0.29, 0.717) is 27.7 Å². The third kappa shape index (κ3) is 3.72. The maximum Gasteiger partial charge on any atom is 0.257 e. The number of halogens is 2. The van der Waals surface area contributed by atoms with Crippen LogP contribution < -0.4 is 5.32 Å². The zero-order chi connectivity index (χ0) is 17.1. The lowest BCUT2D eigenvalue weighted by atomic mass is 10.2. The number of amides is 1. The first-order valence-corrected chi connectivity index (χ1v) is 8.08. The zero-order valence-electron chi connectivity index (χ0n) is 12.2. The molecule has 2 N–H and O–H groups in total. The summed E-state index contributed by atoms with van der Waals surface area (Å²) < 4.78 is 0.794. The lowest BCUT2D eigenvalue weighted by Crippen LogP contribution is -2.13. The van der Waals surface area contributed by atoms with Crippen LogP contribution in [0.5, 0.6) is 5.75 Å². The van der Waals surface area contributed by atoms with Gasteiger partial charge in [0.1, 0.15) is 5.75 Å². The van der Waals surface area contributed by atoms with Gasteiger partial charge in [-0.25, -0.2) is 9.97 Å². The number of rotatable bonds is 3. The molecule has 120 valence electrons. The Morgan fingerprint density at radius 2 is 1.88 bits per heavy atom. The Balaban J connectivity index is 1.78. The maximum absolute atomic E-state index is 12.2. The fourth-order valence-electron chi connectivity index (χ4n) is 2.06. The van der Waals surface area contributed by atoms with E-state index >= 15 is 0 Å². The van der Waals surface area contributed by atoms with Crippen LogP contribution in [0, 0.1) is 0 Å². The molecule has 3 rings (SSSR count). The first-order chi connectivity index (χ1) is 11.5. The minimum Gasteiger partial charge on any atom is -0.508 e. The highest BCUT2D eigenvalue weighted by Gasteiger charge is 2.11. The standard InChI is InChI=1S/C17H11BrClN3O2/c18-11-4-5-14(15(19)7-11)17(24)22-12-8-20-16(21-9-12)10-2-1-3-13(23)6-10/h1-9,23H,(H,22,24). The summed E-state index contributed by atoms with van der Waals surface area (Å²) in [7, 11) is 0. The summed E-state index contributed by atoms with van der Waals surface area (Å²) in [6.45, 7) is 0. The fourth-order valence-corrected chi connectivity index (χ4v) is 2.82. The van der Waals surface area contributed by atoms with Gasteiger partial charge in [0.2, 0.25) is 0 Å². The maximum atomic E-state index is 12.2. The lowest BCUT2D eigenvalue weighted by molar-refractivity contribution is 0.102. The molecule has 0 unspecified atom stereocenters. The van der Waals surface area contributed by atoms with Crippen molar-refractivity contribution in [3.8, 4) is 17.1 Å². The lowest BCUT2D eigenvalue weighted by Gasteiger charge is -2.07. The quantitative estimate of drug-likeness (QED) is 0.673. The Bertz CT molecular complexity index is 901. The van der Waals surface area contributed by atoms with Gasteiger partial charge in [-0.3, -0.25) is 4.79 Å². The van der Waals surface area contributed by atoms with E-state index in [1.54, 1.807) is 42.5 Å². The van der Waals surface area contributed by atoms with Crippen molar-refractivity contribution in [1.29, 1.82) is 0 Å². The first kappa shape index (κ1) is 16.4. The van der Waals surface area contributed by atoms with Crippen molar-refractivity contribution in [2.45, 2.75) is 0 Å². The second kappa shape index (κ2) is 6.98. The molecule has 0 atom stereocenters. The number of aromatic hydroxyl groups is 1. The summed E-state index contributed by atoms with van der Waals surface area (Å²) >= 11 is 9.36. The minimum absolute atomic E-state index is 0.137. The predicted molar refractivity (Wildman–Crippen MR) is 96.2 cm³/mol. The van der Waals surface area contributed by atoms with Crippen LogP contribution in [0.1, 0.15) is 10.4 Å². The van der Waals surface area contributed by atoms with E-state index in [-0.39, 0.29) is 11.7 Å². The molecule has 0 aliphatic rings. The number of carbonyl (C=O) groups excluding carboxylic acids is 1. The highest BCUT2D eigenvalue weighted by atomic mass is 79.9. The van der Waals surface area contributed by atoms with E-state index < -0.39 is 0 Å². The van der Waals surface area contributed by atoms with Crippen LogP contribution in [0.15, 0.2) is 59.3 Å². The van der Waals surface area contributed by atoms with Crippen LogP contribution >= 0.6 is 27.5 Å². The third-order valence-electron chi connectivity index (χ3n) is 3.19. The van der Waals surface area contributed by atoms with Gasteiger partial charge in [-0.1, -0.05) is 39.7 Å². The Morgan fingerprint density at radius 1 is 1.12 bits per heavy atom. The molecule has 0 saturated carbocycles. The monoisotopic (exact) mass is 403 g/mol. The highest BCUT2D eigenvalue weighted by molar-refractivity contribution is 9.10. The molecule has 3 aromatic rings. The van der Waals surface area contributed by atoms with Gasteiger partial charge in [0.05, 0.1) is 28.7 Å². The van der Waals surface area contributed by atoms with Gasteiger partial charge in [0.25, 0.3) is 5.91 Å². The molecule has 7 heteroatoms. The Kier molecular flexibility index (Phi) is 4.78. The number of hydrogen-bond acceptors (Lipinski definition) is 4. The first-order valence-electron chi connectivity index (χ1n) is 6.91. The Morgan fingerprint density at radius 3 is 2.54 bits per heavy atom. The smallest absolute Gasteiger partial charge is 0.257 e. The molecule has 0 spiro atoms. The molecule has 0 radical (unpaired) electrons. The molecule has 0 saturated heterocycles. The molecular weight excluding hydrogens is 394 g/mol. The largest absolute Gasteiger partial charge is 0.508 e. The van der Waals surface area contributed by atoms with Crippen LogP contribution in [0.4, 0.5) is 5.69 Å². The molecule has 5 nitrogen and oxygen atoms in total. The van der Waals surface area contributed by atoms with Crippen LogP contribution in [0.3, 0.4) is 0 Å². The number of anilines is 1. The molecule has 0 aliphatic carbocycles. The summed E-state index contributed by atoms with van der Waals surface area (Å²) in [5.41, 5.74) is 1.49. The van der Waals surface area contributed by atoms with E-state index in [1.807, 2.05) is 0 Å². The molecule has 2 aromatic carbocycles. The van der Waals surface area contributed by atoms with Crippen molar-refractivity contribution in [3.63, 3.8) is 0 Å². The number of benzene rings is 2. The van der Waals surface area contributed by atoms with E-state index in [2.05, 4.69) is 31.2 Å². The summed E-state index contributed by atoms with van der Waals surface area (Å²) in [5, 5.41) is 12.5. The van der Waals surface area contributed by atoms with Crippen LogP contribution in [0.25, 0.3) is 11.4 Å². The SMILES string of the molecule is O=C(Nc1cnc(-c2cccc(O)c2)nc1)c1ccc(Br)cc1Cl. The number of hydrogen-bond donors (Lipinski definition) is 2. The highest BCUT2D eigenvalue weighted by Crippen LogP contribution is 2.23. The van der Waals surface area contributed by atoms with Crippen molar-refractivity contribution in [2.24, 2.45) is 0 Å². The molecule has 1 heterocycles. The van der Waals surface area contributed by atoms with Gasteiger partial charge in [0, 0.05) is 10.0 Å². The Labute approximate surface area is 151 Å². The topological polar surface area (TPSA) is 75.1 Å². The number of phenols is 1. The summed E-state index contributed by atoms with van der Waals surface area (Å²) in [4.78, 5) is 20.6. The van der Waals surface area contributed by atoms with Gasteiger partial charge in [0.15, 0.2) is 5.82 Å². The molecule has 0 bridgehead atoms. The molecule has 1 aromatic heterocycles. The number of nitrogens with one attached hydrogen (secondary N) is 1. The average Bonchev–Trinajstić information content (AvgIpc) is 2.55. The van der Waals surface area contributed by atoms with Gasteiger partial charge in [-0.2, -0.15) is 0 Å². The van der Waals surface area contributed by atoms with Gasteiger partial charge < -0.3 is 10.4 Å². The summed E-state index contributed by atoms with van der Waals surface area (Å²) in [6, 6.07) is 11.6. The number of phenolic OH excluding ortho intramolecular Hbond substituents is 1. The van der Waals surface area contributed by atoms with Gasteiger partial charge >= 0.3 is 0 Å². The third-order valence-corrected chi connectivity index (χ3v) is 4.00. The molecule has 0 fully saturated rings. The normalized spacial score (nSPS) is 10.4. The number of nitrogens with zero attached hydrogens (tertiary/aromatic N) is 2. The molecule has 1 amide bonds. The predicted octanol–water partition coefficient (Wildman–Crippen LogP) is 4.52. The summed E-state index contributed by atoms with van der Waals surface area (Å²) in [6.07, 6.45) is 2.99. The van der Waals surface area contributed by atoms with E-state index in [1.165, 1.54) is 12.4 Å².